The number of nitrogens with one attached hydrogen (secondary N) is 3. The lowest BCUT2D eigenvalue weighted by molar-refractivity contribution is -0.139. The Labute approximate surface area is 120 Å². The topological polar surface area (TPSA) is 107 Å². The summed E-state index contributed by atoms with van der Waals surface area (Å²) in [7, 11) is 0. The molecular weight excluding hydrogens is 280 g/mol. The van der Waals surface area contributed by atoms with E-state index in [1.54, 1.807) is 0 Å². The zero-order valence-corrected chi connectivity index (χ0v) is 11.6. The molecule has 2 amide bonds. The lowest BCUT2D eigenvalue weighted by Gasteiger charge is -2.14. The van der Waals surface area contributed by atoms with E-state index in [4.69, 9.17) is 11.5 Å². The Kier molecular flexibility index (Phi) is 7.06. The third-order valence-corrected chi connectivity index (χ3v) is 3.16. The average molecular weight is 296 g/mol. The van der Waals surface area contributed by atoms with Crippen molar-refractivity contribution in [3.05, 3.63) is 18.2 Å². The molecule has 0 aromatic carbocycles. The molecule has 0 saturated heterocycles. The third kappa shape index (κ3) is 6.15. The van der Waals surface area contributed by atoms with E-state index in [0.29, 0.717) is 23.7 Å². The van der Waals surface area contributed by atoms with E-state index < -0.39 is 18.0 Å². The highest BCUT2D eigenvalue weighted by Crippen LogP contribution is 1.99. The van der Waals surface area contributed by atoms with Crippen LogP contribution >= 0.6 is 11.8 Å². The quantitative estimate of drug-likeness (QED) is 0.401. The van der Waals surface area contributed by atoms with Gasteiger partial charge in [-0.3, -0.25) is 0 Å². The van der Waals surface area contributed by atoms with Crippen molar-refractivity contribution < 1.29 is 14.7 Å². The Morgan fingerprint density at radius 1 is 1.60 bits per heavy atom. The standard InChI is InChI=1S/C12H16N4O3S/c1-2-4-20-5-3-14-12(19)16-10(11(17)18)6-9-7-13-8-15-9/h1,7-8,10H,3-6H2,(H,13,15)(H,17,18)(H2,14,16,19)/t10-/m1/s1. The summed E-state index contributed by atoms with van der Waals surface area (Å²) in [5.74, 6) is 2.64. The fourth-order valence-electron chi connectivity index (χ4n) is 1.39. The Hall–Kier alpha value is -2.14. The van der Waals surface area contributed by atoms with Crippen LogP contribution < -0.4 is 10.6 Å². The Bertz CT molecular complexity index is 470. The summed E-state index contributed by atoms with van der Waals surface area (Å²) < 4.78 is 0. The van der Waals surface area contributed by atoms with Crippen molar-refractivity contribution in [2.45, 2.75) is 12.5 Å². The van der Waals surface area contributed by atoms with Crippen LogP contribution in [0.5, 0.6) is 0 Å². The highest BCUT2D eigenvalue weighted by atomic mass is 32.2. The summed E-state index contributed by atoms with van der Waals surface area (Å²) >= 11 is 1.52. The van der Waals surface area contributed by atoms with Crippen LogP contribution in [0.2, 0.25) is 0 Å². The number of terminal acetylenes is 1. The summed E-state index contributed by atoms with van der Waals surface area (Å²) in [6.07, 6.45) is 8.21. The van der Waals surface area contributed by atoms with E-state index in [9.17, 15) is 9.59 Å². The molecule has 0 unspecified atom stereocenters. The Balaban J connectivity index is 2.32. The number of nitrogens with zero attached hydrogens (tertiary/aromatic N) is 1. The monoisotopic (exact) mass is 296 g/mol. The number of carbonyl (C=O) groups excluding carboxylic acids is 1. The summed E-state index contributed by atoms with van der Waals surface area (Å²) in [5, 5.41) is 14.0. The number of carboxylic acid groups (broad SMARTS) is 1. The highest BCUT2D eigenvalue weighted by Gasteiger charge is 2.20. The second-order valence-electron chi connectivity index (χ2n) is 3.83. The van der Waals surface area contributed by atoms with Gasteiger partial charge >= 0.3 is 12.0 Å². The van der Waals surface area contributed by atoms with Crippen molar-refractivity contribution in [2.75, 3.05) is 18.1 Å². The van der Waals surface area contributed by atoms with Gasteiger partial charge in [0.05, 0.1) is 12.1 Å². The summed E-state index contributed by atoms with van der Waals surface area (Å²) in [4.78, 5) is 29.2. The maximum Gasteiger partial charge on any atom is 0.326 e. The van der Waals surface area contributed by atoms with Crippen LogP contribution in [-0.2, 0) is 11.2 Å². The van der Waals surface area contributed by atoms with Gasteiger partial charge in [0.15, 0.2) is 0 Å². The molecule has 108 valence electrons. The lowest BCUT2D eigenvalue weighted by Crippen LogP contribution is -2.47. The molecule has 0 aliphatic carbocycles. The number of amides is 2. The molecule has 0 spiro atoms. The van der Waals surface area contributed by atoms with Crippen molar-refractivity contribution in [2.24, 2.45) is 0 Å². The Morgan fingerprint density at radius 3 is 3.00 bits per heavy atom. The van der Waals surface area contributed by atoms with Crippen LogP contribution in [0, 0.1) is 12.3 Å². The zero-order chi connectivity index (χ0) is 14.8. The number of hydrogen-bond donors (Lipinski definition) is 4. The average Bonchev–Trinajstić information content (AvgIpc) is 2.90. The van der Waals surface area contributed by atoms with Crippen molar-refractivity contribution in [3.63, 3.8) is 0 Å². The fourth-order valence-corrected chi connectivity index (χ4v) is 1.90. The molecule has 0 aliphatic rings. The van der Waals surface area contributed by atoms with Gasteiger partial charge in [-0.15, -0.1) is 18.2 Å². The van der Waals surface area contributed by atoms with Crippen LogP contribution in [0.1, 0.15) is 5.69 Å². The van der Waals surface area contributed by atoms with Crippen molar-refractivity contribution in [1.29, 1.82) is 0 Å². The third-order valence-electron chi connectivity index (χ3n) is 2.30. The number of H-pyrrole nitrogens is 1. The molecule has 8 heteroatoms. The molecule has 1 rings (SSSR count). The van der Waals surface area contributed by atoms with Gasteiger partial charge in [0.25, 0.3) is 0 Å². The maximum atomic E-state index is 11.6. The Morgan fingerprint density at radius 2 is 2.40 bits per heavy atom. The molecule has 0 aliphatic heterocycles. The van der Waals surface area contributed by atoms with E-state index >= 15 is 0 Å². The van der Waals surface area contributed by atoms with Crippen LogP contribution in [-0.4, -0.2) is 51.2 Å². The SMILES string of the molecule is C#CCSCCNC(=O)N[C@H](Cc1cnc[nH]1)C(=O)O. The molecule has 0 fully saturated rings. The minimum atomic E-state index is -1.10. The second-order valence-corrected chi connectivity index (χ2v) is 4.93. The molecular formula is C12H16N4O3S. The number of aliphatic carboxylic acids is 1. The van der Waals surface area contributed by atoms with Crippen molar-refractivity contribution in [1.82, 2.24) is 20.6 Å². The van der Waals surface area contributed by atoms with Gasteiger partial charge in [-0.1, -0.05) is 5.92 Å². The predicted molar refractivity (Wildman–Crippen MR) is 76.4 cm³/mol. The molecule has 1 aromatic rings. The minimum absolute atomic E-state index is 0.147. The van der Waals surface area contributed by atoms with Crippen LogP contribution in [0.25, 0.3) is 0 Å². The molecule has 1 aromatic heterocycles. The molecule has 4 N–H and O–H groups in total. The number of aromatic amines is 1. The second kappa shape index (κ2) is 8.87. The van der Waals surface area contributed by atoms with E-state index in [1.807, 2.05) is 0 Å². The number of imidazole rings is 1. The lowest BCUT2D eigenvalue weighted by atomic mass is 10.2. The fraction of sp³-hybridized carbons (Fsp3) is 0.417. The first-order chi connectivity index (χ1) is 9.63. The van der Waals surface area contributed by atoms with Gasteiger partial charge in [0, 0.05) is 30.6 Å². The summed E-state index contributed by atoms with van der Waals surface area (Å²) in [5.41, 5.74) is 0.641. The first kappa shape index (κ1) is 15.9. The van der Waals surface area contributed by atoms with Crippen molar-refractivity contribution >= 4 is 23.8 Å². The molecule has 20 heavy (non-hydrogen) atoms. The van der Waals surface area contributed by atoms with Gasteiger partial charge in [-0.05, 0) is 0 Å². The molecule has 0 bridgehead atoms. The van der Waals surface area contributed by atoms with Crippen LogP contribution in [0.3, 0.4) is 0 Å². The largest absolute Gasteiger partial charge is 0.480 e. The number of hydrogen-bond acceptors (Lipinski definition) is 4. The van der Waals surface area contributed by atoms with Gasteiger partial charge in [0.2, 0.25) is 0 Å². The maximum absolute atomic E-state index is 11.6. The van der Waals surface area contributed by atoms with Gasteiger partial charge in [-0.25, -0.2) is 14.6 Å². The minimum Gasteiger partial charge on any atom is -0.480 e. The summed E-state index contributed by atoms with van der Waals surface area (Å²) in [6.45, 7) is 0.425. The van der Waals surface area contributed by atoms with Crippen LogP contribution in [0.15, 0.2) is 12.5 Å². The highest BCUT2D eigenvalue weighted by molar-refractivity contribution is 7.99. The van der Waals surface area contributed by atoms with Crippen LogP contribution in [0.4, 0.5) is 4.79 Å². The van der Waals surface area contributed by atoms with Crippen molar-refractivity contribution in [3.8, 4) is 12.3 Å². The number of thioether (sulfide) groups is 1. The normalized spacial score (nSPS) is 11.3. The molecule has 0 saturated carbocycles. The first-order valence-corrected chi connectivity index (χ1v) is 7.04. The van der Waals surface area contributed by atoms with E-state index in [2.05, 4.69) is 26.5 Å². The van der Waals surface area contributed by atoms with E-state index in [0.717, 1.165) is 0 Å². The summed E-state index contributed by atoms with van der Waals surface area (Å²) in [6, 6.07) is -1.52. The van der Waals surface area contributed by atoms with Gasteiger partial charge in [0.1, 0.15) is 6.04 Å². The molecule has 1 heterocycles. The van der Waals surface area contributed by atoms with Gasteiger partial charge < -0.3 is 20.7 Å². The van der Waals surface area contributed by atoms with E-state index in [1.165, 1.54) is 24.3 Å². The van der Waals surface area contributed by atoms with Gasteiger partial charge in [-0.2, -0.15) is 0 Å². The number of aromatic nitrogens is 2. The number of rotatable bonds is 8. The van der Waals surface area contributed by atoms with E-state index in [-0.39, 0.29) is 6.42 Å². The molecule has 0 radical (unpaired) electrons. The zero-order valence-electron chi connectivity index (χ0n) is 10.8. The smallest absolute Gasteiger partial charge is 0.326 e. The number of carbonyl (C=O) groups is 2. The predicted octanol–water partition coefficient (Wildman–Crippen LogP) is 0.0710. The number of carboxylic acids is 1. The number of urea groups is 1. The first-order valence-electron chi connectivity index (χ1n) is 5.89. The molecule has 7 nitrogen and oxygen atoms in total. The molecule has 1 atom stereocenters.